The molecule has 3 aromatic heterocycles. The minimum absolute atomic E-state index is 0.151. The van der Waals surface area contributed by atoms with E-state index in [1.807, 2.05) is 79.7 Å². The Bertz CT molecular complexity index is 1320. The number of carbonyl (C=O) groups excluding carboxylic acids is 1. The summed E-state index contributed by atoms with van der Waals surface area (Å²) in [5.74, 6) is 0.668. The number of benzene rings is 1. The van der Waals surface area contributed by atoms with Gasteiger partial charge in [-0.1, -0.05) is 12.1 Å². The van der Waals surface area contributed by atoms with Crippen molar-refractivity contribution in [2.45, 2.75) is 47.9 Å². The molecule has 0 atom stereocenters. The Balaban J connectivity index is 1.44. The first kappa shape index (κ1) is 23.3. The highest BCUT2D eigenvalue weighted by molar-refractivity contribution is 9.10. The van der Waals surface area contributed by atoms with Gasteiger partial charge in [-0.25, -0.2) is 9.36 Å². The van der Waals surface area contributed by atoms with Gasteiger partial charge in [0.1, 0.15) is 19.0 Å². The van der Waals surface area contributed by atoms with Crippen molar-refractivity contribution in [3.63, 3.8) is 0 Å². The SMILES string of the molecule is Cc1cccc(OCc2csc(C(=O)Nc3c(C)nn(Cn4nc(C)c(Br)c4C)c3C)c2)c1. The molecule has 0 aliphatic heterocycles. The second-order valence-corrected chi connectivity index (χ2v) is 9.75. The number of hydrogen-bond acceptors (Lipinski definition) is 5. The summed E-state index contributed by atoms with van der Waals surface area (Å²) in [6.45, 7) is 10.7. The van der Waals surface area contributed by atoms with E-state index in [1.54, 1.807) is 0 Å². The van der Waals surface area contributed by atoms with Gasteiger partial charge in [-0.15, -0.1) is 11.3 Å². The number of amides is 1. The summed E-state index contributed by atoms with van der Waals surface area (Å²) in [6, 6.07) is 9.80. The van der Waals surface area contributed by atoms with Crippen LogP contribution in [-0.2, 0) is 13.3 Å². The number of anilines is 1. The lowest BCUT2D eigenvalue weighted by atomic mass is 10.2. The third kappa shape index (κ3) is 5.04. The van der Waals surface area contributed by atoms with Crippen LogP contribution in [0, 0.1) is 34.6 Å². The van der Waals surface area contributed by atoms with Crippen molar-refractivity contribution in [3.8, 4) is 5.75 Å². The van der Waals surface area contributed by atoms with Crippen LogP contribution in [0.25, 0.3) is 0 Å². The van der Waals surface area contributed by atoms with E-state index in [9.17, 15) is 4.79 Å². The van der Waals surface area contributed by atoms with E-state index in [0.29, 0.717) is 18.2 Å². The first-order valence-corrected chi connectivity index (χ1v) is 12.2. The van der Waals surface area contributed by atoms with Crippen LogP contribution in [-0.4, -0.2) is 25.5 Å². The number of thiophene rings is 1. The van der Waals surface area contributed by atoms with Gasteiger partial charge in [0.05, 0.1) is 37.8 Å². The Hall–Kier alpha value is -2.91. The van der Waals surface area contributed by atoms with E-state index in [1.165, 1.54) is 11.3 Å². The Morgan fingerprint density at radius 3 is 2.48 bits per heavy atom. The molecule has 0 unspecified atom stereocenters. The van der Waals surface area contributed by atoms with Gasteiger partial charge in [0.25, 0.3) is 5.91 Å². The molecule has 0 saturated heterocycles. The van der Waals surface area contributed by atoms with E-state index in [0.717, 1.165) is 49.8 Å². The van der Waals surface area contributed by atoms with E-state index in [4.69, 9.17) is 4.74 Å². The maximum absolute atomic E-state index is 12.9. The molecule has 0 saturated carbocycles. The molecule has 4 aromatic rings. The number of aromatic nitrogens is 4. The van der Waals surface area contributed by atoms with E-state index >= 15 is 0 Å². The highest BCUT2D eigenvalue weighted by atomic mass is 79.9. The highest BCUT2D eigenvalue weighted by Crippen LogP contribution is 2.25. The number of aryl methyl sites for hydroxylation is 3. The molecule has 0 aliphatic carbocycles. The molecule has 0 fully saturated rings. The lowest BCUT2D eigenvalue weighted by Crippen LogP contribution is -2.15. The van der Waals surface area contributed by atoms with Gasteiger partial charge in [0.2, 0.25) is 0 Å². The predicted octanol–water partition coefficient (Wildman–Crippen LogP) is 5.78. The zero-order chi connectivity index (χ0) is 23.7. The molecular formula is C24H26BrN5O2S. The summed E-state index contributed by atoms with van der Waals surface area (Å²) in [7, 11) is 0. The summed E-state index contributed by atoms with van der Waals surface area (Å²) < 4.78 is 10.6. The van der Waals surface area contributed by atoms with E-state index in [-0.39, 0.29) is 5.91 Å². The first-order valence-electron chi connectivity index (χ1n) is 10.5. The van der Waals surface area contributed by atoms with Gasteiger partial charge >= 0.3 is 0 Å². The van der Waals surface area contributed by atoms with Crippen LogP contribution in [0.2, 0.25) is 0 Å². The lowest BCUT2D eigenvalue weighted by molar-refractivity contribution is 0.103. The second-order valence-electron chi connectivity index (χ2n) is 8.05. The van der Waals surface area contributed by atoms with Gasteiger partial charge in [-0.05, 0) is 79.7 Å². The third-order valence-electron chi connectivity index (χ3n) is 5.45. The number of nitrogens with zero attached hydrogens (tertiary/aromatic N) is 4. The van der Waals surface area contributed by atoms with Crippen LogP contribution in [0.3, 0.4) is 0 Å². The Morgan fingerprint density at radius 1 is 1.06 bits per heavy atom. The summed E-state index contributed by atoms with van der Waals surface area (Å²) >= 11 is 4.97. The third-order valence-corrected chi connectivity index (χ3v) is 7.58. The summed E-state index contributed by atoms with van der Waals surface area (Å²) in [5, 5.41) is 14.2. The molecule has 33 heavy (non-hydrogen) atoms. The zero-order valence-corrected chi connectivity index (χ0v) is 21.7. The fourth-order valence-electron chi connectivity index (χ4n) is 3.57. The summed E-state index contributed by atoms with van der Waals surface area (Å²) in [6.07, 6.45) is 0. The normalized spacial score (nSPS) is 11.1. The molecule has 172 valence electrons. The topological polar surface area (TPSA) is 74.0 Å². The fourth-order valence-corrected chi connectivity index (χ4v) is 4.65. The van der Waals surface area contributed by atoms with Crippen LogP contribution in [0.1, 0.15) is 43.6 Å². The standard InChI is InChI=1S/C24H26BrN5O2S/c1-14-7-6-8-20(9-14)32-11-19-10-21(33-12-19)24(31)26-23-16(3)28-30(18(23)5)13-29-17(4)22(25)15(2)27-29/h6-10,12H,11,13H2,1-5H3,(H,26,31). The van der Waals surface area contributed by atoms with Crippen LogP contribution < -0.4 is 10.1 Å². The summed E-state index contributed by atoms with van der Waals surface area (Å²) in [5.41, 5.74) is 6.45. The Kier molecular flexibility index (Phi) is 6.71. The van der Waals surface area contributed by atoms with E-state index in [2.05, 4.69) is 31.4 Å². The van der Waals surface area contributed by atoms with Crippen LogP contribution in [0.5, 0.6) is 5.75 Å². The number of nitrogens with one attached hydrogen (secondary N) is 1. The molecule has 4 rings (SSSR count). The maximum Gasteiger partial charge on any atom is 0.265 e. The van der Waals surface area contributed by atoms with Crippen molar-refractivity contribution in [2.24, 2.45) is 0 Å². The number of carbonyl (C=O) groups is 1. The number of halogens is 1. The largest absolute Gasteiger partial charge is 0.489 e. The second kappa shape index (κ2) is 9.52. The molecule has 0 aliphatic rings. The van der Waals surface area contributed by atoms with Crippen LogP contribution in [0.15, 0.2) is 40.2 Å². The van der Waals surface area contributed by atoms with Gasteiger partial charge in [0, 0.05) is 5.56 Å². The van der Waals surface area contributed by atoms with Gasteiger partial charge < -0.3 is 10.1 Å². The molecule has 3 heterocycles. The molecular weight excluding hydrogens is 502 g/mol. The molecule has 7 nitrogen and oxygen atoms in total. The Labute approximate surface area is 205 Å². The lowest BCUT2D eigenvalue weighted by Gasteiger charge is -2.08. The van der Waals surface area contributed by atoms with Crippen molar-refractivity contribution in [1.29, 1.82) is 0 Å². The summed E-state index contributed by atoms with van der Waals surface area (Å²) in [4.78, 5) is 13.5. The molecule has 1 aromatic carbocycles. The average molecular weight is 528 g/mol. The van der Waals surface area contributed by atoms with Crippen molar-refractivity contribution in [2.75, 3.05) is 5.32 Å². The molecule has 0 radical (unpaired) electrons. The van der Waals surface area contributed by atoms with Crippen molar-refractivity contribution >= 4 is 38.9 Å². The van der Waals surface area contributed by atoms with Crippen molar-refractivity contribution < 1.29 is 9.53 Å². The predicted molar refractivity (Wildman–Crippen MR) is 134 cm³/mol. The van der Waals surface area contributed by atoms with Crippen LogP contribution in [0.4, 0.5) is 5.69 Å². The molecule has 9 heteroatoms. The molecule has 0 bridgehead atoms. The van der Waals surface area contributed by atoms with Crippen LogP contribution >= 0.6 is 27.3 Å². The molecule has 1 N–H and O–H groups in total. The minimum Gasteiger partial charge on any atom is -0.489 e. The fraction of sp³-hybridized carbons (Fsp3) is 0.292. The zero-order valence-electron chi connectivity index (χ0n) is 19.3. The maximum atomic E-state index is 12.9. The monoisotopic (exact) mass is 527 g/mol. The number of hydrogen-bond donors (Lipinski definition) is 1. The minimum atomic E-state index is -0.151. The number of rotatable bonds is 7. The first-order chi connectivity index (χ1) is 15.7. The highest BCUT2D eigenvalue weighted by Gasteiger charge is 2.18. The average Bonchev–Trinajstić information content (AvgIpc) is 3.43. The smallest absolute Gasteiger partial charge is 0.265 e. The quantitative estimate of drug-likeness (QED) is 0.330. The van der Waals surface area contributed by atoms with E-state index < -0.39 is 0 Å². The van der Waals surface area contributed by atoms with Gasteiger partial charge in [-0.3, -0.25) is 4.79 Å². The Morgan fingerprint density at radius 2 is 1.79 bits per heavy atom. The van der Waals surface area contributed by atoms with Crippen molar-refractivity contribution in [1.82, 2.24) is 19.6 Å². The van der Waals surface area contributed by atoms with Gasteiger partial charge in [0.15, 0.2) is 0 Å². The van der Waals surface area contributed by atoms with Gasteiger partial charge in [-0.2, -0.15) is 10.2 Å². The van der Waals surface area contributed by atoms with Crippen molar-refractivity contribution in [3.05, 3.63) is 79.0 Å². The number of ether oxygens (including phenoxy) is 1. The molecule has 0 spiro atoms. The molecule has 1 amide bonds.